The second kappa shape index (κ2) is 9.37. The zero-order valence-corrected chi connectivity index (χ0v) is 19.1. The maximum absolute atomic E-state index is 15.2. The van der Waals surface area contributed by atoms with Crippen molar-refractivity contribution in [3.8, 4) is 5.75 Å². The Hall–Kier alpha value is -2.75. The zero-order chi connectivity index (χ0) is 25.4. The quantitative estimate of drug-likeness (QED) is 0.563. The molecule has 1 N–H and O–H groups in total. The van der Waals surface area contributed by atoms with Gasteiger partial charge in [0, 0.05) is 25.6 Å². The molecule has 2 fully saturated rings. The van der Waals surface area contributed by atoms with E-state index in [1.54, 1.807) is 6.07 Å². The molecule has 0 bridgehead atoms. The summed E-state index contributed by atoms with van der Waals surface area (Å²) in [6.07, 6.45) is -3.48. The van der Waals surface area contributed by atoms with Crippen molar-refractivity contribution >= 4 is 5.91 Å². The van der Waals surface area contributed by atoms with Crippen molar-refractivity contribution in [2.75, 3.05) is 26.2 Å². The number of rotatable bonds is 4. The minimum Gasteiger partial charge on any atom is -0.405 e. The Kier molecular flexibility index (Phi) is 6.78. The lowest BCUT2D eigenvalue weighted by atomic mass is 9.62. The van der Waals surface area contributed by atoms with E-state index in [1.807, 2.05) is 6.92 Å². The van der Waals surface area contributed by atoms with Crippen molar-refractivity contribution < 1.29 is 35.9 Å². The zero-order valence-electron chi connectivity index (χ0n) is 19.1. The Balaban J connectivity index is 1.53. The normalized spacial score (nSPS) is 20.7. The Morgan fingerprint density at radius 1 is 1.06 bits per heavy atom. The summed E-state index contributed by atoms with van der Waals surface area (Å²) in [5, 5.41) is 3.35. The van der Waals surface area contributed by atoms with E-state index in [0.717, 1.165) is 53.3 Å². The first-order valence-corrected chi connectivity index (χ1v) is 11.4. The Labute approximate surface area is 199 Å². The fraction of sp³-hybridized carbons (Fsp3) is 0.480. The van der Waals surface area contributed by atoms with Gasteiger partial charge in [0.2, 0.25) is 0 Å². The topological polar surface area (TPSA) is 41.6 Å². The molecule has 2 aromatic carbocycles. The van der Waals surface area contributed by atoms with Crippen molar-refractivity contribution in [1.82, 2.24) is 10.2 Å². The molecular formula is C25H26F6N2O2. The summed E-state index contributed by atoms with van der Waals surface area (Å²) in [7, 11) is 0. The summed E-state index contributed by atoms with van der Waals surface area (Å²) in [5.41, 5.74) is 0.424. The van der Waals surface area contributed by atoms with E-state index in [2.05, 4.69) is 10.1 Å². The number of likely N-dealkylation sites (tertiary alicyclic amines) is 1. The predicted molar refractivity (Wildman–Crippen MR) is 117 cm³/mol. The number of nitrogens with zero attached hydrogens (tertiary/aromatic N) is 1. The lowest BCUT2D eigenvalue weighted by molar-refractivity contribution is -0.275. The van der Waals surface area contributed by atoms with Crippen LogP contribution in [0, 0.1) is 18.2 Å². The standard InChI is InChI=1S/C25H26F6N2O2/c1-16-14-17(26)6-7-18(16)20-15-32-11-8-23(20)9-12-33(13-10-23)22(34)24(27,28)19-4-2-3-5-21(19)35-25(29,30)31/h2-7,14,20,32H,8-13,15H2,1H3. The van der Waals surface area contributed by atoms with Crippen LogP contribution in [0.1, 0.15) is 41.9 Å². The number of carbonyl (C=O) groups excluding carboxylic acids is 1. The van der Waals surface area contributed by atoms with Gasteiger partial charge in [0.15, 0.2) is 0 Å². The Morgan fingerprint density at radius 3 is 2.40 bits per heavy atom. The molecule has 2 aromatic rings. The Bertz CT molecular complexity index is 1080. The van der Waals surface area contributed by atoms with Gasteiger partial charge in [-0.15, -0.1) is 13.2 Å². The van der Waals surface area contributed by atoms with Crippen LogP contribution in [0.5, 0.6) is 5.75 Å². The highest BCUT2D eigenvalue weighted by molar-refractivity contribution is 5.85. The minimum atomic E-state index is -5.17. The fourth-order valence-corrected chi connectivity index (χ4v) is 5.45. The number of carbonyl (C=O) groups is 1. The van der Waals surface area contributed by atoms with E-state index in [4.69, 9.17) is 0 Å². The second-order valence-electron chi connectivity index (χ2n) is 9.28. The first-order chi connectivity index (χ1) is 16.4. The molecule has 190 valence electrons. The third kappa shape index (κ3) is 5.12. The number of piperidine rings is 2. The van der Waals surface area contributed by atoms with Crippen molar-refractivity contribution in [3.63, 3.8) is 0 Å². The van der Waals surface area contributed by atoms with Crippen LogP contribution in [-0.2, 0) is 10.7 Å². The van der Waals surface area contributed by atoms with Gasteiger partial charge in [-0.25, -0.2) is 4.39 Å². The summed E-state index contributed by atoms with van der Waals surface area (Å²) in [6, 6.07) is 8.43. The largest absolute Gasteiger partial charge is 0.573 e. The molecule has 2 heterocycles. The van der Waals surface area contributed by atoms with Gasteiger partial charge in [0.05, 0.1) is 5.56 Å². The molecule has 0 aromatic heterocycles. The molecule has 0 aliphatic carbocycles. The van der Waals surface area contributed by atoms with Gasteiger partial charge in [-0.05, 0) is 73.5 Å². The third-order valence-electron chi connectivity index (χ3n) is 7.26. The summed E-state index contributed by atoms with van der Waals surface area (Å²) in [6.45, 7) is 3.32. The average molecular weight is 500 g/mol. The van der Waals surface area contributed by atoms with E-state index >= 15 is 8.78 Å². The van der Waals surface area contributed by atoms with E-state index in [9.17, 15) is 22.4 Å². The molecule has 2 aliphatic rings. The van der Waals surface area contributed by atoms with Crippen LogP contribution < -0.4 is 10.1 Å². The van der Waals surface area contributed by atoms with Crippen LogP contribution >= 0.6 is 0 Å². The first-order valence-electron chi connectivity index (χ1n) is 11.4. The molecule has 0 saturated carbocycles. The highest BCUT2D eigenvalue weighted by Crippen LogP contribution is 2.50. The van der Waals surface area contributed by atoms with Crippen molar-refractivity contribution in [3.05, 3.63) is 65.0 Å². The van der Waals surface area contributed by atoms with Gasteiger partial charge in [-0.2, -0.15) is 8.78 Å². The number of amides is 1. The minimum absolute atomic E-state index is 0.0236. The first kappa shape index (κ1) is 25.3. The maximum atomic E-state index is 15.2. The molecule has 1 atom stereocenters. The lowest BCUT2D eigenvalue weighted by Gasteiger charge is -2.50. The predicted octanol–water partition coefficient (Wildman–Crippen LogP) is 5.51. The summed E-state index contributed by atoms with van der Waals surface area (Å²) in [4.78, 5) is 13.9. The summed E-state index contributed by atoms with van der Waals surface area (Å²) in [5.74, 6) is -7.14. The molecule has 10 heteroatoms. The SMILES string of the molecule is Cc1cc(F)ccc1C1CNCCC12CCN(C(=O)C(F)(F)c1ccccc1OC(F)(F)F)CC2. The number of ether oxygens (including phenoxy) is 1. The molecule has 2 saturated heterocycles. The third-order valence-corrected chi connectivity index (χ3v) is 7.26. The van der Waals surface area contributed by atoms with Gasteiger partial charge in [0.25, 0.3) is 5.91 Å². The smallest absolute Gasteiger partial charge is 0.405 e. The summed E-state index contributed by atoms with van der Waals surface area (Å²) < 4.78 is 85.8. The molecule has 0 radical (unpaired) electrons. The molecule has 2 aliphatic heterocycles. The lowest BCUT2D eigenvalue weighted by Crippen LogP contribution is -2.53. The van der Waals surface area contributed by atoms with E-state index < -0.39 is 29.5 Å². The number of halogens is 6. The van der Waals surface area contributed by atoms with Crippen LogP contribution in [0.2, 0.25) is 0 Å². The van der Waals surface area contributed by atoms with Gasteiger partial charge in [-0.3, -0.25) is 4.79 Å². The molecule has 35 heavy (non-hydrogen) atoms. The number of alkyl halides is 5. The van der Waals surface area contributed by atoms with Gasteiger partial charge in [-0.1, -0.05) is 18.2 Å². The van der Waals surface area contributed by atoms with Crippen LogP contribution in [0.4, 0.5) is 26.3 Å². The number of benzene rings is 2. The second-order valence-corrected chi connectivity index (χ2v) is 9.28. The molecule has 1 unspecified atom stereocenters. The number of aryl methyl sites for hydroxylation is 1. The molecule has 1 amide bonds. The molecule has 1 spiro atoms. The average Bonchev–Trinajstić information content (AvgIpc) is 2.79. The van der Waals surface area contributed by atoms with Gasteiger partial charge in [0.1, 0.15) is 11.6 Å². The fourth-order valence-electron chi connectivity index (χ4n) is 5.45. The maximum Gasteiger partial charge on any atom is 0.573 e. The monoisotopic (exact) mass is 500 g/mol. The van der Waals surface area contributed by atoms with Crippen LogP contribution in [-0.4, -0.2) is 43.3 Å². The van der Waals surface area contributed by atoms with E-state index in [0.29, 0.717) is 19.4 Å². The number of para-hydroxylation sites is 1. The summed E-state index contributed by atoms with van der Waals surface area (Å²) >= 11 is 0. The van der Waals surface area contributed by atoms with Crippen molar-refractivity contribution in [2.24, 2.45) is 5.41 Å². The van der Waals surface area contributed by atoms with Crippen molar-refractivity contribution in [2.45, 2.75) is 44.4 Å². The van der Waals surface area contributed by atoms with Gasteiger partial charge >= 0.3 is 12.3 Å². The van der Waals surface area contributed by atoms with Crippen LogP contribution in [0.15, 0.2) is 42.5 Å². The number of hydrogen-bond donors (Lipinski definition) is 1. The van der Waals surface area contributed by atoms with Crippen LogP contribution in [0.25, 0.3) is 0 Å². The Morgan fingerprint density at radius 2 is 1.74 bits per heavy atom. The van der Waals surface area contributed by atoms with E-state index in [1.165, 1.54) is 12.1 Å². The van der Waals surface area contributed by atoms with Crippen molar-refractivity contribution in [1.29, 1.82) is 0 Å². The van der Waals surface area contributed by atoms with Gasteiger partial charge < -0.3 is 15.0 Å². The molecule has 4 nitrogen and oxygen atoms in total. The highest BCUT2D eigenvalue weighted by atomic mass is 19.4. The number of hydrogen-bond acceptors (Lipinski definition) is 3. The van der Waals surface area contributed by atoms with E-state index in [-0.39, 0.29) is 30.2 Å². The molecule has 4 rings (SSSR count). The molecular weight excluding hydrogens is 474 g/mol. The highest BCUT2D eigenvalue weighted by Gasteiger charge is 2.51. The van der Waals surface area contributed by atoms with Crippen LogP contribution in [0.3, 0.4) is 0 Å². The number of nitrogens with one attached hydrogen (secondary N) is 1.